The Labute approximate surface area is 95.8 Å². The van der Waals surface area contributed by atoms with Crippen molar-refractivity contribution in [1.82, 2.24) is 5.16 Å². The van der Waals surface area contributed by atoms with Gasteiger partial charge in [0.25, 0.3) is 0 Å². The molecule has 0 aromatic carbocycles. The summed E-state index contributed by atoms with van der Waals surface area (Å²) in [7, 11) is 0. The van der Waals surface area contributed by atoms with E-state index in [4.69, 9.17) is 9.63 Å². The van der Waals surface area contributed by atoms with E-state index in [-0.39, 0.29) is 11.5 Å². The summed E-state index contributed by atoms with van der Waals surface area (Å²) in [5, 5.41) is 12.7. The molecule has 1 heterocycles. The molecule has 0 bridgehead atoms. The van der Waals surface area contributed by atoms with E-state index in [0.717, 1.165) is 25.7 Å². The smallest absolute Gasteiger partial charge is 0.342 e. The molecule has 0 spiro atoms. The van der Waals surface area contributed by atoms with Gasteiger partial charge in [0.05, 0.1) is 0 Å². The zero-order valence-corrected chi connectivity index (χ0v) is 9.79. The second kappa shape index (κ2) is 4.35. The van der Waals surface area contributed by atoms with E-state index in [1.54, 1.807) is 0 Å². The zero-order valence-electron chi connectivity index (χ0n) is 8.20. The molecular formula is C10H12BrNO3. The van der Waals surface area contributed by atoms with E-state index in [1.165, 1.54) is 6.42 Å². The van der Waals surface area contributed by atoms with E-state index >= 15 is 0 Å². The fourth-order valence-electron chi connectivity index (χ4n) is 2.12. The van der Waals surface area contributed by atoms with Crippen molar-refractivity contribution < 1.29 is 14.4 Å². The highest BCUT2D eigenvalue weighted by atomic mass is 79.9. The van der Waals surface area contributed by atoms with Crippen LogP contribution >= 0.6 is 15.9 Å². The molecule has 0 radical (unpaired) electrons. The van der Waals surface area contributed by atoms with Gasteiger partial charge >= 0.3 is 5.97 Å². The van der Waals surface area contributed by atoms with Crippen LogP contribution < -0.4 is 0 Å². The summed E-state index contributed by atoms with van der Waals surface area (Å²) in [6, 6.07) is 0. The van der Waals surface area contributed by atoms with Crippen molar-refractivity contribution in [1.29, 1.82) is 0 Å². The van der Waals surface area contributed by atoms with Crippen molar-refractivity contribution >= 4 is 21.9 Å². The Kier molecular flexibility index (Phi) is 3.09. The van der Waals surface area contributed by atoms with Crippen molar-refractivity contribution in [3.8, 4) is 0 Å². The van der Waals surface area contributed by atoms with Crippen LogP contribution in [0.3, 0.4) is 0 Å². The lowest BCUT2D eigenvalue weighted by Gasteiger charge is -2.19. The highest BCUT2D eigenvalue weighted by Gasteiger charge is 2.28. The third-order valence-corrected chi connectivity index (χ3v) is 3.41. The van der Waals surface area contributed by atoms with Gasteiger partial charge in [-0.1, -0.05) is 24.4 Å². The summed E-state index contributed by atoms with van der Waals surface area (Å²) in [4.78, 5) is 11.0. The number of aromatic carboxylic acids is 1. The van der Waals surface area contributed by atoms with Crippen LogP contribution in [0.15, 0.2) is 9.13 Å². The van der Waals surface area contributed by atoms with Gasteiger partial charge in [0.1, 0.15) is 5.56 Å². The lowest BCUT2D eigenvalue weighted by atomic mass is 9.86. The number of rotatable bonds is 2. The maximum Gasteiger partial charge on any atom is 0.342 e. The molecule has 1 aliphatic carbocycles. The molecule has 0 unspecified atom stereocenters. The second-order valence-corrected chi connectivity index (χ2v) is 4.60. The first-order chi connectivity index (χ1) is 7.20. The molecule has 0 atom stereocenters. The standard InChI is InChI=1S/C10H12BrNO3/c11-9-7(10(13)14)8(15-12-9)6-4-2-1-3-5-6/h6H,1-5H2,(H,13,14). The molecular weight excluding hydrogens is 262 g/mol. The van der Waals surface area contributed by atoms with Gasteiger partial charge in [0.15, 0.2) is 10.4 Å². The molecule has 1 fully saturated rings. The third-order valence-electron chi connectivity index (χ3n) is 2.87. The number of carboxylic acid groups (broad SMARTS) is 1. The first kappa shape index (κ1) is 10.7. The largest absolute Gasteiger partial charge is 0.477 e. The van der Waals surface area contributed by atoms with E-state index in [1.807, 2.05) is 0 Å². The van der Waals surface area contributed by atoms with Gasteiger partial charge in [-0.2, -0.15) is 0 Å². The summed E-state index contributed by atoms with van der Waals surface area (Å²) in [6.45, 7) is 0. The molecule has 1 aromatic heterocycles. The maximum atomic E-state index is 11.0. The number of carboxylic acids is 1. The summed E-state index contributed by atoms with van der Waals surface area (Å²) in [5.74, 6) is -0.207. The normalized spacial score (nSPS) is 17.9. The fraction of sp³-hybridized carbons (Fsp3) is 0.600. The van der Waals surface area contributed by atoms with Crippen molar-refractivity contribution in [2.45, 2.75) is 38.0 Å². The quantitative estimate of drug-likeness (QED) is 0.899. The Hall–Kier alpha value is -0.840. The van der Waals surface area contributed by atoms with Gasteiger partial charge < -0.3 is 9.63 Å². The van der Waals surface area contributed by atoms with Gasteiger partial charge in [-0.15, -0.1) is 0 Å². The van der Waals surface area contributed by atoms with E-state index in [9.17, 15) is 4.79 Å². The van der Waals surface area contributed by atoms with Crippen molar-refractivity contribution in [2.24, 2.45) is 0 Å². The molecule has 0 amide bonds. The zero-order chi connectivity index (χ0) is 10.8. The van der Waals surface area contributed by atoms with Gasteiger partial charge in [0.2, 0.25) is 0 Å². The Bertz CT molecular complexity index is 369. The number of halogens is 1. The molecule has 1 saturated carbocycles. The molecule has 82 valence electrons. The summed E-state index contributed by atoms with van der Waals surface area (Å²) >= 11 is 3.10. The van der Waals surface area contributed by atoms with Gasteiger partial charge in [-0.3, -0.25) is 0 Å². The molecule has 1 aliphatic rings. The van der Waals surface area contributed by atoms with Crippen LogP contribution in [-0.2, 0) is 0 Å². The van der Waals surface area contributed by atoms with Gasteiger partial charge in [-0.25, -0.2) is 4.79 Å². The molecule has 4 nitrogen and oxygen atoms in total. The maximum absolute atomic E-state index is 11.0. The second-order valence-electron chi connectivity index (χ2n) is 3.85. The number of aromatic nitrogens is 1. The molecule has 0 aliphatic heterocycles. The van der Waals surface area contributed by atoms with Crippen LogP contribution in [0.25, 0.3) is 0 Å². The van der Waals surface area contributed by atoms with Crippen molar-refractivity contribution in [3.05, 3.63) is 15.9 Å². The SMILES string of the molecule is O=C(O)c1c(Br)noc1C1CCCCC1. The highest BCUT2D eigenvalue weighted by molar-refractivity contribution is 9.10. The number of hydrogen-bond acceptors (Lipinski definition) is 3. The fourth-order valence-corrected chi connectivity index (χ4v) is 2.56. The Morgan fingerprint density at radius 2 is 2.07 bits per heavy atom. The van der Waals surface area contributed by atoms with E-state index in [0.29, 0.717) is 10.4 Å². The van der Waals surface area contributed by atoms with E-state index < -0.39 is 5.97 Å². The van der Waals surface area contributed by atoms with Crippen LogP contribution in [0.5, 0.6) is 0 Å². The van der Waals surface area contributed by atoms with Crippen LogP contribution in [-0.4, -0.2) is 16.2 Å². The van der Waals surface area contributed by atoms with Crippen molar-refractivity contribution in [2.75, 3.05) is 0 Å². The molecule has 1 aromatic rings. The Balaban J connectivity index is 2.30. The summed E-state index contributed by atoms with van der Waals surface area (Å²) in [6.07, 6.45) is 5.52. The highest BCUT2D eigenvalue weighted by Crippen LogP contribution is 2.36. The van der Waals surface area contributed by atoms with Crippen LogP contribution in [0.4, 0.5) is 0 Å². The average Bonchev–Trinajstić information content (AvgIpc) is 2.61. The van der Waals surface area contributed by atoms with Gasteiger partial charge in [0, 0.05) is 5.92 Å². The topological polar surface area (TPSA) is 63.3 Å². The number of carbonyl (C=O) groups is 1. The van der Waals surface area contributed by atoms with Gasteiger partial charge in [-0.05, 0) is 28.8 Å². The summed E-state index contributed by atoms with van der Waals surface area (Å²) in [5.41, 5.74) is 0.196. The lowest BCUT2D eigenvalue weighted by Crippen LogP contribution is -2.08. The Morgan fingerprint density at radius 1 is 1.40 bits per heavy atom. The summed E-state index contributed by atoms with van der Waals surface area (Å²) < 4.78 is 5.42. The predicted octanol–water partition coefficient (Wildman–Crippen LogP) is 3.18. The first-order valence-corrected chi connectivity index (χ1v) is 5.88. The molecule has 1 N–H and O–H groups in total. The third kappa shape index (κ3) is 2.07. The average molecular weight is 274 g/mol. The minimum atomic E-state index is -0.969. The minimum absolute atomic E-state index is 0.196. The molecule has 5 heteroatoms. The predicted molar refractivity (Wildman–Crippen MR) is 57.0 cm³/mol. The molecule has 0 saturated heterocycles. The van der Waals surface area contributed by atoms with Crippen molar-refractivity contribution in [3.63, 3.8) is 0 Å². The Morgan fingerprint density at radius 3 is 2.67 bits per heavy atom. The van der Waals surface area contributed by atoms with E-state index in [2.05, 4.69) is 21.1 Å². The number of hydrogen-bond donors (Lipinski definition) is 1. The minimum Gasteiger partial charge on any atom is -0.477 e. The van der Waals surface area contributed by atoms with Crippen LogP contribution in [0.1, 0.15) is 54.1 Å². The molecule has 2 rings (SSSR count). The lowest BCUT2D eigenvalue weighted by molar-refractivity contribution is 0.0692. The van der Waals surface area contributed by atoms with Crippen LogP contribution in [0.2, 0.25) is 0 Å². The molecule has 15 heavy (non-hydrogen) atoms. The first-order valence-electron chi connectivity index (χ1n) is 5.08. The number of nitrogens with zero attached hydrogens (tertiary/aromatic N) is 1. The van der Waals surface area contributed by atoms with Crippen LogP contribution in [0, 0.1) is 0 Å². The monoisotopic (exact) mass is 273 g/mol.